The molecule has 1 aromatic heterocycles. The van der Waals surface area contributed by atoms with E-state index in [9.17, 15) is 4.79 Å². The lowest BCUT2D eigenvalue weighted by Crippen LogP contribution is -2.24. The van der Waals surface area contributed by atoms with E-state index in [0.717, 1.165) is 28.0 Å². The maximum absolute atomic E-state index is 11.8. The minimum Gasteiger partial charge on any atom is -0.490 e. The highest BCUT2D eigenvalue weighted by atomic mass is 35.5. The Bertz CT molecular complexity index is 1420. The highest BCUT2D eigenvalue weighted by Gasteiger charge is 2.14. The molecule has 0 aliphatic carbocycles. The number of ether oxygens (including phenoxy) is 2. The number of rotatable bonds is 7. The Hall–Kier alpha value is -3.48. The largest absolute Gasteiger partial charge is 0.490 e. The van der Waals surface area contributed by atoms with E-state index < -0.39 is 0 Å². The molecule has 174 valence electrons. The summed E-state index contributed by atoms with van der Waals surface area (Å²) in [5.74, 6) is 0.370. The van der Waals surface area contributed by atoms with Crippen molar-refractivity contribution >= 4 is 45.9 Å². The van der Waals surface area contributed by atoms with Crippen LogP contribution in [0.3, 0.4) is 0 Å². The first-order valence-electron chi connectivity index (χ1n) is 10.5. The van der Waals surface area contributed by atoms with Crippen LogP contribution in [0.25, 0.3) is 11.0 Å². The molecule has 0 spiro atoms. The summed E-state index contributed by atoms with van der Waals surface area (Å²) in [5, 5.41) is 0.935. The second-order valence-electron chi connectivity index (χ2n) is 7.59. The number of fused-ring (bicyclic) bond motifs is 1. The quantitative estimate of drug-likeness (QED) is 0.236. The number of esters is 1. The molecule has 0 aliphatic heterocycles. The van der Waals surface area contributed by atoms with Gasteiger partial charge in [-0.3, -0.25) is 0 Å². The summed E-state index contributed by atoms with van der Waals surface area (Å²) in [6.45, 7) is 4.61. The van der Waals surface area contributed by atoms with Crippen molar-refractivity contribution in [3.63, 3.8) is 0 Å². The van der Waals surface area contributed by atoms with Crippen molar-refractivity contribution in [2.24, 2.45) is 12.0 Å². The second-order valence-corrected chi connectivity index (χ2v) is 8.41. The van der Waals surface area contributed by atoms with E-state index in [2.05, 4.69) is 11.1 Å². The van der Waals surface area contributed by atoms with E-state index in [4.69, 9.17) is 37.7 Å². The van der Waals surface area contributed by atoms with Gasteiger partial charge in [0.05, 0.1) is 46.0 Å². The number of nitrogens with zero attached hydrogens (tertiary/aromatic N) is 3. The average Bonchev–Trinajstić information content (AvgIpc) is 3.09. The van der Waals surface area contributed by atoms with Crippen LogP contribution in [0, 0.1) is 0 Å². The van der Waals surface area contributed by atoms with E-state index in [1.807, 2.05) is 60.1 Å². The molecule has 8 heteroatoms. The van der Waals surface area contributed by atoms with Gasteiger partial charge in [0.1, 0.15) is 12.4 Å². The van der Waals surface area contributed by atoms with Crippen LogP contribution in [0.4, 0.5) is 5.69 Å². The lowest BCUT2D eigenvalue weighted by Gasteiger charge is -2.08. The number of aromatic nitrogens is 2. The Morgan fingerprint density at radius 3 is 2.29 bits per heavy atom. The smallest absolute Gasteiger partial charge is 0.337 e. The van der Waals surface area contributed by atoms with E-state index >= 15 is 0 Å². The van der Waals surface area contributed by atoms with Crippen LogP contribution in [0.2, 0.25) is 10.0 Å². The van der Waals surface area contributed by atoms with Crippen molar-refractivity contribution in [1.82, 2.24) is 9.13 Å². The molecule has 0 radical (unpaired) electrons. The molecule has 0 bridgehead atoms. The Morgan fingerprint density at radius 1 is 1.03 bits per heavy atom. The van der Waals surface area contributed by atoms with Gasteiger partial charge in [-0.05, 0) is 54.1 Å². The van der Waals surface area contributed by atoms with Crippen LogP contribution in [-0.4, -0.2) is 28.8 Å². The molecule has 0 saturated heterocycles. The summed E-state index contributed by atoms with van der Waals surface area (Å²) < 4.78 is 14.4. The summed E-state index contributed by atoms with van der Waals surface area (Å²) in [4.78, 5) is 16.7. The molecule has 34 heavy (non-hydrogen) atoms. The number of aryl methyl sites for hydroxylation is 1. The van der Waals surface area contributed by atoms with Crippen molar-refractivity contribution < 1.29 is 14.3 Å². The minimum atomic E-state index is -0.373. The van der Waals surface area contributed by atoms with Gasteiger partial charge in [-0.25, -0.2) is 9.79 Å². The minimum absolute atomic E-state index is 0.373. The Morgan fingerprint density at radius 2 is 1.68 bits per heavy atom. The monoisotopic (exact) mass is 495 g/mol. The summed E-state index contributed by atoms with van der Waals surface area (Å²) in [7, 11) is 3.30. The van der Waals surface area contributed by atoms with E-state index in [-0.39, 0.29) is 5.97 Å². The standard InChI is InChI=1S/C26H23Cl2N3O3/c1-4-13-34-20-11-9-19(10-12-20)29-26-30(2)23-14-21(27)22(28)15-24(23)31(26)16-17-5-7-18(8-6-17)25(32)33-3/h4-12,14-15H,1,13,16H2,2-3H3. The zero-order chi connectivity index (χ0) is 24.2. The highest BCUT2D eigenvalue weighted by molar-refractivity contribution is 6.42. The van der Waals surface area contributed by atoms with Gasteiger partial charge in [0.15, 0.2) is 0 Å². The molecule has 0 saturated carbocycles. The van der Waals surface area contributed by atoms with Gasteiger partial charge in [-0.2, -0.15) is 0 Å². The fourth-order valence-corrected chi connectivity index (χ4v) is 3.95. The summed E-state index contributed by atoms with van der Waals surface area (Å²) >= 11 is 12.7. The van der Waals surface area contributed by atoms with Crippen LogP contribution >= 0.6 is 23.2 Å². The molecule has 4 rings (SSSR count). The number of hydrogen-bond acceptors (Lipinski definition) is 4. The predicted molar refractivity (Wildman–Crippen MR) is 135 cm³/mol. The first-order chi connectivity index (χ1) is 16.4. The fraction of sp³-hybridized carbons (Fsp3) is 0.154. The Balaban J connectivity index is 1.82. The van der Waals surface area contributed by atoms with Crippen LogP contribution < -0.4 is 10.4 Å². The molecular formula is C26H23Cl2N3O3. The lowest BCUT2D eigenvalue weighted by molar-refractivity contribution is 0.0600. The van der Waals surface area contributed by atoms with Crippen molar-refractivity contribution in [2.75, 3.05) is 13.7 Å². The first kappa shape index (κ1) is 23.7. The molecule has 4 aromatic rings. The van der Waals surface area contributed by atoms with Crippen LogP contribution in [0.15, 0.2) is 78.3 Å². The van der Waals surface area contributed by atoms with Gasteiger partial charge < -0.3 is 18.6 Å². The van der Waals surface area contributed by atoms with Crippen molar-refractivity contribution in [1.29, 1.82) is 0 Å². The number of imidazole rings is 1. The van der Waals surface area contributed by atoms with Crippen molar-refractivity contribution in [3.05, 3.63) is 100 Å². The molecule has 3 aromatic carbocycles. The predicted octanol–water partition coefficient (Wildman–Crippen LogP) is 5.92. The van der Waals surface area contributed by atoms with E-state index in [1.54, 1.807) is 18.2 Å². The molecule has 0 unspecified atom stereocenters. The van der Waals surface area contributed by atoms with E-state index in [0.29, 0.717) is 34.4 Å². The third-order valence-corrected chi connectivity index (χ3v) is 6.08. The van der Waals surface area contributed by atoms with Gasteiger partial charge in [-0.15, -0.1) is 0 Å². The van der Waals surface area contributed by atoms with Crippen molar-refractivity contribution in [2.45, 2.75) is 6.54 Å². The number of halogens is 2. The lowest BCUT2D eigenvalue weighted by atomic mass is 10.1. The maximum atomic E-state index is 11.8. The number of carbonyl (C=O) groups excluding carboxylic acids is 1. The van der Waals surface area contributed by atoms with Gasteiger partial charge in [0.25, 0.3) is 0 Å². The van der Waals surface area contributed by atoms with Crippen LogP contribution in [0.5, 0.6) is 5.75 Å². The van der Waals surface area contributed by atoms with Gasteiger partial charge >= 0.3 is 5.97 Å². The summed E-state index contributed by atoms with van der Waals surface area (Å²) in [5.41, 5.74) is 4.74. The topological polar surface area (TPSA) is 57.8 Å². The summed E-state index contributed by atoms with van der Waals surface area (Å²) in [6, 6.07) is 18.5. The molecule has 0 atom stereocenters. The van der Waals surface area contributed by atoms with Crippen LogP contribution in [0.1, 0.15) is 15.9 Å². The number of methoxy groups -OCH3 is 1. The van der Waals surface area contributed by atoms with Gasteiger partial charge in [-0.1, -0.05) is 48.0 Å². The van der Waals surface area contributed by atoms with Crippen LogP contribution in [-0.2, 0) is 18.3 Å². The third-order valence-electron chi connectivity index (χ3n) is 5.36. The Kier molecular flexibility index (Phi) is 7.10. The molecule has 0 aliphatic rings. The molecule has 0 N–H and O–H groups in total. The normalized spacial score (nSPS) is 11.6. The van der Waals surface area contributed by atoms with Crippen molar-refractivity contribution in [3.8, 4) is 5.75 Å². The number of carbonyl (C=O) groups is 1. The highest BCUT2D eigenvalue weighted by Crippen LogP contribution is 2.28. The molecule has 0 fully saturated rings. The first-order valence-corrected chi connectivity index (χ1v) is 11.3. The SMILES string of the molecule is C=CCOc1ccc(N=c2n(C)c3cc(Cl)c(Cl)cc3n2Cc2ccc(C(=O)OC)cc2)cc1. The average molecular weight is 496 g/mol. The van der Waals surface area contributed by atoms with Gasteiger partial charge in [0, 0.05) is 7.05 Å². The number of benzene rings is 3. The summed E-state index contributed by atoms with van der Waals surface area (Å²) in [6.07, 6.45) is 1.70. The number of hydrogen-bond donors (Lipinski definition) is 0. The molecule has 1 heterocycles. The second kappa shape index (κ2) is 10.2. The Labute approximate surface area is 207 Å². The molecular weight excluding hydrogens is 473 g/mol. The van der Waals surface area contributed by atoms with Gasteiger partial charge in [0.2, 0.25) is 5.62 Å². The third kappa shape index (κ3) is 4.88. The molecule has 6 nitrogen and oxygen atoms in total. The zero-order valence-electron chi connectivity index (χ0n) is 18.8. The molecule has 0 amide bonds. The fourth-order valence-electron chi connectivity index (χ4n) is 3.63. The van der Waals surface area contributed by atoms with E-state index in [1.165, 1.54) is 7.11 Å². The zero-order valence-corrected chi connectivity index (χ0v) is 20.3. The maximum Gasteiger partial charge on any atom is 0.337 e.